The van der Waals surface area contributed by atoms with E-state index in [9.17, 15) is 0 Å². The Bertz CT molecular complexity index is 1610. The zero-order valence-electron chi connectivity index (χ0n) is 24.5. The van der Waals surface area contributed by atoms with E-state index < -0.39 is 0 Å². The summed E-state index contributed by atoms with van der Waals surface area (Å²) < 4.78 is 2.32. The zero-order valence-corrected chi connectivity index (χ0v) is 24.5. The van der Waals surface area contributed by atoms with Crippen LogP contribution in [0.3, 0.4) is 0 Å². The average molecular weight is 500 g/mol. The number of aromatic nitrogens is 1. The topological polar surface area (TPSA) is 4.93 Å². The molecule has 0 fully saturated rings. The van der Waals surface area contributed by atoms with Crippen LogP contribution in [0.15, 0.2) is 83.0 Å². The van der Waals surface area contributed by atoms with Crippen LogP contribution in [0.4, 0.5) is 0 Å². The number of hydrogen-bond donors (Lipinski definition) is 0. The van der Waals surface area contributed by atoms with Gasteiger partial charge < -0.3 is 4.57 Å². The van der Waals surface area contributed by atoms with E-state index in [2.05, 4.69) is 140 Å². The van der Waals surface area contributed by atoms with Gasteiger partial charge in [0, 0.05) is 19.3 Å². The maximum Gasteiger partial charge on any atom is 0.232 e. The number of fused-ring (bicyclic) bond motifs is 2. The quantitative estimate of drug-likeness (QED) is 0.320. The largest absolute Gasteiger partial charge is 0.343 e. The molecule has 1 heterocycles. The van der Waals surface area contributed by atoms with Crippen LogP contribution >= 0.6 is 0 Å². The molecule has 0 radical (unpaired) electrons. The molecular weight excluding hydrogens is 458 g/mol. The highest BCUT2D eigenvalue weighted by atomic mass is 14.9. The van der Waals surface area contributed by atoms with Gasteiger partial charge in [-0.05, 0) is 84.2 Å². The number of rotatable bonds is 4. The average Bonchev–Trinajstić information content (AvgIpc) is 3.34. The Morgan fingerprint density at radius 3 is 2.24 bits per heavy atom. The van der Waals surface area contributed by atoms with Crippen molar-refractivity contribution in [2.45, 2.75) is 61.3 Å². The van der Waals surface area contributed by atoms with E-state index in [1.54, 1.807) is 0 Å². The summed E-state index contributed by atoms with van der Waals surface area (Å²) in [7, 11) is 2.18. The molecule has 38 heavy (non-hydrogen) atoms. The van der Waals surface area contributed by atoms with Crippen molar-refractivity contribution in [2.24, 2.45) is 13.0 Å². The molecule has 0 bridgehead atoms. The second-order valence-corrected chi connectivity index (χ2v) is 11.8. The van der Waals surface area contributed by atoms with E-state index in [-0.39, 0.29) is 0 Å². The molecule has 1 aromatic rings. The third-order valence-electron chi connectivity index (χ3n) is 8.31. The summed E-state index contributed by atoms with van der Waals surface area (Å²) in [5.41, 5.74) is 13.5. The molecule has 0 saturated heterocycles. The van der Waals surface area contributed by atoms with Gasteiger partial charge in [0.2, 0.25) is 5.57 Å². The maximum absolute atomic E-state index is 2.39. The lowest BCUT2D eigenvalue weighted by Gasteiger charge is -2.04. The van der Waals surface area contributed by atoms with Gasteiger partial charge in [0.1, 0.15) is 23.5 Å². The fraction of sp³-hybridized carbons (Fsp3) is 0.297. The fourth-order valence-corrected chi connectivity index (χ4v) is 5.86. The van der Waals surface area contributed by atoms with E-state index in [0.717, 1.165) is 0 Å². The van der Waals surface area contributed by atoms with Crippen LogP contribution < -0.4 is 10.7 Å². The molecule has 0 unspecified atom stereocenters. The van der Waals surface area contributed by atoms with E-state index in [4.69, 9.17) is 0 Å². The summed E-state index contributed by atoms with van der Waals surface area (Å²) in [5, 5.41) is 2.44. The van der Waals surface area contributed by atoms with Gasteiger partial charge in [0.05, 0.1) is 40.8 Å². The Morgan fingerprint density at radius 2 is 1.55 bits per heavy atom. The third kappa shape index (κ3) is 4.60. The van der Waals surface area contributed by atoms with Gasteiger partial charge in [-0.3, -0.25) is 0 Å². The van der Waals surface area contributed by atoms with Crippen molar-refractivity contribution in [2.75, 3.05) is 0 Å². The molecule has 4 aliphatic carbocycles. The molecule has 1 heteroatoms. The van der Waals surface area contributed by atoms with Crippen LogP contribution in [-0.4, -0.2) is 4.57 Å². The highest BCUT2D eigenvalue weighted by Gasteiger charge is 2.43. The summed E-state index contributed by atoms with van der Waals surface area (Å²) in [4.78, 5) is 0. The zero-order chi connectivity index (χ0) is 27.3. The van der Waals surface area contributed by atoms with E-state index >= 15 is 0 Å². The lowest BCUT2D eigenvalue weighted by molar-refractivity contribution is 0.789. The van der Waals surface area contributed by atoms with Gasteiger partial charge in [0.15, 0.2) is 0 Å². The summed E-state index contributed by atoms with van der Waals surface area (Å²) in [6, 6.07) is 13.8. The van der Waals surface area contributed by atoms with Crippen molar-refractivity contribution < 1.29 is 0 Å². The first-order chi connectivity index (χ1) is 18.0. The van der Waals surface area contributed by atoms with E-state index in [0.29, 0.717) is 11.8 Å². The molecule has 192 valence electrons. The smallest absolute Gasteiger partial charge is 0.232 e. The Hall–Kier alpha value is -3.58. The molecule has 0 saturated carbocycles. The van der Waals surface area contributed by atoms with Gasteiger partial charge in [0.25, 0.3) is 0 Å². The number of hydrogen-bond acceptors (Lipinski definition) is 0. The van der Waals surface area contributed by atoms with Gasteiger partial charge in [-0.15, -0.1) is 0 Å². The van der Waals surface area contributed by atoms with Crippen LogP contribution in [-0.2, 0) is 7.05 Å². The lowest BCUT2D eigenvalue weighted by atomic mass is 9.86. The molecule has 0 aliphatic heterocycles. The molecule has 0 N–H and O–H groups in total. The SMILES string of the molecule is CC1=CC(/C=c2\cc/c(=C\c3cc(C)c4cc(C(C)C)ccc(C)c3-4)n2C)=C2[C+](C)C=CC(C(C)C)=C[C+]12. The molecule has 1 aromatic heterocycles. The number of aryl methyl sites for hydroxylation is 2. The van der Waals surface area contributed by atoms with Crippen LogP contribution in [0, 0.1) is 31.6 Å². The fourth-order valence-electron chi connectivity index (χ4n) is 5.86. The van der Waals surface area contributed by atoms with Crippen molar-refractivity contribution >= 4 is 12.2 Å². The summed E-state index contributed by atoms with van der Waals surface area (Å²) in [6.07, 6.45) is 14.0. The standard InChI is InChI=1S/C37H41N/c1-22(2)28-12-10-24(5)36-30(16-26(7)34(36)20-28)18-32-14-15-33(38(32)9)19-31-17-27(8)35-21-29(23(3)4)13-11-25(6)37(31)35/h10-23H,1-9H3/q+2/b32-18+,33-19+. The number of allylic oxidation sites excluding steroid dienone is 8. The molecular formula is C37H41N+2. The van der Waals surface area contributed by atoms with Crippen molar-refractivity contribution in [1.82, 2.24) is 4.57 Å². The molecule has 4 aliphatic rings. The Labute approximate surface area is 229 Å². The summed E-state index contributed by atoms with van der Waals surface area (Å²) in [6.45, 7) is 18.0. The molecule has 0 amide bonds. The second kappa shape index (κ2) is 9.95. The van der Waals surface area contributed by atoms with Crippen molar-refractivity contribution in [1.29, 1.82) is 0 Å². The minimum atomic E-state index is 0.511. The first kappa shape index (κ1) is 26.0. The lowest BCUT2D eigenvalue weighted by Crippen LogP contribution is -2.23. The van der Waals surface area contributed by atoms with Crippen LogP contribution in [0.5, 0.6) is 0 Å². The predicted octanol–water partition coefficient (Wildman–Crippen LogP) is 8.06. The van der Waals surface area contributed by atoms with Crippen molar-refractivity contribution in [3.8, 4) is 11.1 Å². The molecule has 1 nitrogen and oxygen atoms in total. The Balaban J connectivity index is 1.61. The normalized spacial score (nSPS) is 16.8. The minimum absolute atomic E-state index is 0.511. The first-order valence-corrected chi connectivity index (χ1v) is 14.0. The summed E-state index contributed by atoms with van der Waals surface area (Å²) in [5.74, 6) is 3.72. The predicted molar refractivity (Wildman–Crippen MR) is 164 cm³/mol. The monoisotopic (exact) mass is 499 g/mol. The molecule has 0 atom stereocenters. The van der Waals surface area contributed by atoms with Crippen molar-refractivity contribution in [3.63, 3.8) is 0 Å². The highest BCUT2D eigenvalue weighted by molar-refractivity contribution is 5.84. The van der Waals surface area contributed by atoms with Crippen LogP contribution in [0.2, 0.25) is 0 Å². The maximum atomic E-state index is 2.39. The van der Waals surface area contributed by atoms with Crippen LogP contribution in [0.1, 0.15) is 69.7 Å². The van der Waals surface area contributed by atoms with Gasteiger partial charge >= 0.3 is 0 Å². The van der Waals surface area contributed by atoms with Gasteiger partial charge in [-0.1, -0.05) is 52.0 Å². The Kier molecular flexibility index (Phi) is 6.82. The summed E-state index contributed by atoms with van der Waals surface area (Å²) >= 11 is 0. The minimum Gasteiger partial charge on any atom is -0.343 e. The Morgan fingerprint density at radius 1 is 0.842 bits per heavy atom. The molecule has 5 rings (SSSR count). The highest BCUT2D eigenvalue weighted by Crippen LogP contribution is 2.44. The van der Waals surface area contributed by atoms with Crippen molar-refractivity contribution in [3.05, 3.63) is 128 Å². The number of nitrogens with zero attached hydrogens (tertiary/aromatic N) is 1. The van der Waals surface area contributed by atoms with Gasteiger partial charge in [-0.25, -0.2) is 0 Å². The third-order valence-corrected chi connectivity index (χ3v) is 8.31. The van der Waals surface area contributed by atoms with Crippen LogP contribution in [0.25, 0.3) is 23.3 Å². The van der Waals surface area contributed by atoms with E-state index in [1.165, 1.54) is 78.2 Å². The first-order valence-electron chi connectivity index (χ1n) is 14.0. The second-order valence-electron chi connectivity index (χ2n) is 11.8. The molecule has 0 aromatic carbocycles. The molecule has 0 spiro atoms. The van der Waals surface area contributed by atoms with Gasteiger partial charge in [-0.2, -0.15) is 0 Å². The van der Waals surface area contributed by atoms with E-state index in [1.807, 2.05) is 0 Å².